The van der Waals surface area contributed by atoms with Crippen LogP contribution in [0, 0.1) is 11.3 Å². The maximum absolute atomic E-state index is 11.7. The number of hydrogen-bond donors (Lipinski definition) is 0. The molecule has 0 heterocycles. The lowest BCUT2D eigenvalue weighted by Gasteiger charge is -2.08. The van der Waals surface area contributed by atoms with Gasteiger partial charge in [-0.2, -0.15) is 5.26 Å². The number of Topliss-reactive ketones (excluding diaryl/α,β-unsaturated/α-hetero) is 1. The van der Waals surface area contributed by atoms with E-state index >= 15 is 0 Å². The second-order valence-corrected chi connectivity index (χ2v) is 5.06. The van der Waals surface area contributed by atoms with E-state index < -0.39 is 5.97 Å². The van der Waals surface area contributed by atoms with Crippen molar-refractivity contribution in [3.05, 3.63) is 65.2 Å². The number of nitriles is 1. The van der Waals surface area contributed by atoms with Crippen LogP contribution in [-0.2, 0) is 16.1 Å². The first-order chi connectivity index (χ1) is 11.6. The van der Waals surface area contributed by atoms with Gasteiger partial charge >= 0.3 is 5.97 Å². The third kappa shape index (κ3) is 4.96. The Balaban J connectivity index is 1.80. The molecule has 0 aromatic heterocycles. The minimum atomic E-state index is -0.508. The monoisotopic (exact) mass is 323 g/mol. The second-order valence-electron chi connectivity index (χ2n) is 5.06. The van der Waals surface area contributed by atoms with E-state index in [1.807, 2.05) is 6.07 Å². The molecule has 0 atom stereocenters. The predicted molar refractivity (Wildman–Crippen MR) is 87.5 cm³/mol. The standard InChI is InChI=1S/C19H17NO4/c1-2-18(21)16-6-8-17(9-7-16)23-13-19(22)24-12-15-5-3-4-14(10-15)11-20/h3-10H,2,12-13H2,1H3. The highest BCUT2D eigenvalue weighted by Crippen LogP contribution is 2.13. The van der Waals surface area contributed by atoms with Gasteiger partial charge in [-0.15, -0.1) is 0 Å². The van der Waals surface area contributed by atoms with E-state index in [4.69, 9.17) is 14.7 Å². The summed E-state index contributed by atoms with van der Waals surface area (Å²) < 4.78 is 10.4. The number of carbonyl (C=O) groups excluding carboxylic acids is 2. The predicted octanol–water partition coefficient (Wildman–Crippen LogP) is 3.27. The lowest BCUT2D eigenvalue weighted by atomic mass is 10.1. The van der Waals surface area contributed by atoms with Gasteiger partial charge in [0.15, 0.2) is 12.4 Å². The molecule has 0 amide bonds. The molecule has 0 saturated heterocycles. The van der Waals surface area contributed by atoms with E-state index in [9.17, 15) is 9.59 Å². The molecule has 0 spiro atoms. The summed E-state index contributed by atoms with van der Waals surface area (Å²) in [7, 11) is 0. The van der Waals surface area contributed by atoms with Crippen molar-refractivity contribution in [1.82, 2.24) is 0 Å². The Hall–Kier alpha value is -3.13. The summed E-state index contributed by atoms with van der Waals surface area (Å²) in [5.74, 6) is 0.0395. The minimum absolute atomic E-state index is 0.0561. The van der Waals surface area contributed by atoms with Crippen molar-refractivity contribution in [2.45, 2.75) is 20.0 Å². The van der Waals surface area contributed by atoms with Gasteiger partial charge in [0.1, 0.15) is 12.4 Å². The number of carbonyl (C=O) groups is 2. The molecule has 24 heavy (non-hydrogen) atoms. The zero-order valence-electron chi connectivity index (χ0n) is 13.3. The molecule has 2 rings (SSSR count). The molecule has 0 aliphatic heterocycles. The van der Waals surface area contributed by atoms with Crippen LogP contribution in [0.1, 0.15) is 34.8 Å². The molecule has 2 aromatic rings. The third-order valence-electron chi connectivity index (χ3n) is 3.31. The quantitative estimate of drug-likeness (QED) is 0.577. The number of benzene rings is 2. The van der Waals surface area contributed by atoms with E-state index in [0.29, 0.717) is 23.3 Å². The third-order valence-corrected chi connectivity index (χ3v) is 3.31. The lowest BCUT2D eigenvalue weighted by molar-refractivity contribution is -0.147. The zero-order valence-corrected chi connectivity index (χ0v) is 13.3. The van der Waals surface area contributed by atoms with Crippen molar-refractivity contribution < 1.29 is 19.1 Å². The number of hydrogen-bond acceptors (Lipinski definition) is 5. The van der Waals surface area contributed by atoms with Crippen LogP contribution in [0.5, 0.6) is 5.75 Å². The molecule has 5 heteroatoms. The molecule has 2 aromatic carbocycles. The van der Waals surface area contributed by atoms with E-state index in [1.165, 1.54) is 0 Å². The van der Waals surface area contributed by atoms with Gasteiger partial charge in [-0.05, 0) is 42.0 Å². The Morgan fingerprint density at radius 1 is 1.12 bits per heavy atom. The van der Waals surface area contributed by atoms with Gasteiger partial charge in [-0.25, -0.2) is 4.79 Å². The lowest BCUT2D eigenvalue weighted by Crippen LogP contribution is -2.14. The van der Waals surface area contributed by atoms with Gasteiger partial charge in [0.2, 0.25) is 0 Å². The second kappa shape index (κ2) is 8.49. The van der Waals surface area contributed by atoms with Gasteiger partial charge in [0.25, 0.3) is 0 Å². The van der Waals surface area contributed by atoms with E-state index in [0.717, 1.165) is 5.56 Å². The normalized spacial score (nSPS) is 9.83. The smallest absolute Gasteiger partial charge is 0.344 e. The van der Waals surface area contributed by atoms with Crippen molar-refractivity contribution in [2.24, 2.45) is 0 Å². The summed E-state index contributed by atoms with van der Waals surface area (Å²) in [4.78, 5) is 23.2. The van der Waals surface area contributed by atoms with Crippen LogP contribution in [0.15, 0.2) is 48.5 Å². The summed E-state index contributed by atoms with van der Waals surface area (Å²) in [6.45, 7) is 1.66. The molecule has 0 radical (unpaired) electrons. The van der Waals surface area contributed by atoms with Gasteiger partial charge < -0.3 is 9.47 Å². The van der Waals surface area contributed by atoms with Crippen LogP contribution in [-0.4, -0.2) is 18.4 Å². The summed E-state index contributed by atoms with van der Waals surface area (Å²) in [5, 5.41) is 8.82. The summed E-state index contributed by atoms with van der Waals surface area (Å²) >= 11 is 0. The fraction of sp³-hybridized carbons (Fsp3) is 0.211. The largest absolute Gasteiger partial charge is 0.482 e. The molecule has 0 unspecified atom stereocenters. The van der Waals surface area contributed by atoms with Crippen LogP contribution >= 0.6 is 0 Å². The highest BCUT2D eigenvalue weighted by Gasteiger charge is 2.07. The first-order valence-corrected chi connectivity index (χ1v) is 7.53. The number of rotatable bonds is 7. The van der Waals surface area contributed by atoms with Gasteiger partial charge in [0, 0.05) is 12.0 Å². The van der Waals surface area contributed by atoms with Crippen LogP contribution < -0.4 is 4.74 Å². The molecular formula is C19H17NO4. The summed E-state index contributed by atoms with van der Waals surface area (Å²) in [6, 6.07) is 15.5. The Kier molecular flexibility index (Phi) is 6.09. The van der Waals surface area contributed by atoms with Crippen molar-refractivity contribution in [1.29, 1.82) is 5.26 Å². The zero-order chi connectivity index (χ0) is 17.4. The molecule has 0 N–H and O–H groups in total. The Labute approximate surface area is 140 Å². The molecule has 0 aliphatic rings. The van der Waals surface area contributed by atoms with Crippen LogP contribution in [0.3, 0.4) is 0 Å². The average Bonchev–Trinajstić information content (AvgIpc) is 2.64. The van der Waals surface area contributed by atoms with Crippen LogP contribution in [0.4, 0.5) is 0 Å². The van der Waals surface area contributed by atoms with Crippen molar-refractivity contribution in [3.63, 3.8) is 0 Å². The minimum Gasteiger partial charge on any atom is -0.482 e. The van der Waals surface area contributed by atoms with Gasteiger partial charge in [0.05, 0.1) is 11.6 Å². The molecule has 0 fully saturated rings. The maximum Gasteiger partial charge on any atom is 0.344 e. The Morgan fingerprint density at radius 2 is 1.88 bits per heavy atom. The Bertz CT molecular complexity index is 760. The Morgan fingerprint density at radius 3 is 2.54 bits per heavy atom. The SMILES string of the molecule is CCC(=O)c1ccc(OCC(=O)OCc2cccc(C#N)c2)cc1. The van der Waals surface area contributed by atoms with E-state index in [-0.39, 0.29) is 19.0 Å². The molecule has 5 nitrogen and oxygen atoms in total. The molecule has 0 saturated carbocycles. The molecular weight excluding hydrogens is 306 g/mol. The van der Waals surface area contributed by atoms with E-state index in [2.05, 4.69) is 0 Å². The average molecular weight is 323 g/mol. The summed E-state index contributed by atoms with van der Waals surface area (Å²) in [5.41, 5.74) is 1.87. The number of nitrogens with zero attached hydrogens (tertiary/aromatic N) is 1. The van der Waals surface area contributed by atoms with Crippen LogP contribution in [0.2, 0.25) is 0 Å². The fourth-order valence-corrected chi connectivity index (χ4v) is 2.02. The van der Waals surface area contributed by atoms with E-state index in [1.54, 1.807) is 55.5 Å². The van der Waals surface area contributed by atoms with Gasteiger partial charge in [-0.1, -0.05) is 19.1 Å². The first kappa shape index (κ1) is 17.2. The van der Waals surface area contributed by atoms with Crippen molar-refractivity contribution in [3.8, 4) is 11.8 Å². The first-order valence-electron chi connectivity index (χ1n) is 7.53. The summed E-state index contributed by atoms with van der Waals surface area (Å²) in [6.07, 6.45) is 0.444. The van der Waals surface area contributed by atoms with Crippen LogP contribution in [0.25, 0.3) is 0 Å². The number of ketones is 1. The van der Waals surface area contributed by atoms with Crippen molar-refractivity contribution >= 4 is 11.8 Å². The maximum atomic E-state index is 11.7. The highest BCUT2D eigenvalue weighted by atomic mass is 16.6. The topological polar surface area (TPSA) is 76.4 Å². The molecule has 122 valence electrons. The molecule has 0 bridgehead atoms. The van der Waals surface area contributed by atoms with Crippen molar-refractivity contribution in [2.75, 3.05) is 6.61 Å². The number of ether oxygens (including phenoxy) is 2. The highest BCUT2D eigenvalue weighted by molar-refractivity contribution is 5.95. The fourth-order valence-electron chi connectivity index (χ4n) is 2.02. The molecule has 0 aliphatic carbocycles. The number of esters is 1. The van der Waals surface area contributed by atoms with Gasteiger partial charge in [-0.3, -0.25) is 4.79 Å².